The minimum absolute atomic E-state index is 0.229. The first-order valence-electron chi connectivity index (χ1n) is 1.51. The van der Waals surface area contributed by atoms with Crippen LogP contribution in [-0.4, -0.2) is 12.2 Å². The first-order chi connectivity index (χ1) is 3.35. The molecule has 0 rings (SSSR count). The van der Waals surface area contributed by atoms with E-state index in [-0.39, 0.29) is 5.88 Å². The topological polar surface area (TPSA) is 18.5 Å². The summed E-state index contributed by atoms with van der Waals surface area (Å²) >= 11 is 12.1. The van der Waals surface area contributed by atoms with E-state index in [1.54, 1.807) is 0 Å². The number of hydrogen-bond donors (Lipinski definition) is 2. The maximum absolute atomic E-state index is 5.22. The van der Waals surface area contributed by atoms with Crippen LogP contribution in [0.15, 0.2) is 0 Å². The first-order valence-corrected chi connectivity index (χ1v) is 2.78. The van der Waals surface area contributed by atoms with Crippen LogP contribution < -0.4 is 0 Å². The molecule has 0 aromatic heterocycles. The summed E-state index contributed by atoms with van der Waals surface area (Å²) in [6, 6.07) is 0. The molecule has 0 unspecified atom stereocenters. The Hall–Kier alpha value is 0.910. The van der Waals surface area contributed by atoms with Gasteiger partial charge in [0, 0.05) is 0 Å². The summed E-state index contributed by atoms with van der Waals surface area (Å²) < 4.78 is 8.62. The Labute approximate surface area is 58.4 Å². The van der Waals surface area contributed by atoms with Crippen LogP contribution in [0.2, 0.25) is 0 Å². The molecule has 0 spiro atoms. The van der Waals surface area contributed by atoms with Gasteiger partial charge in [-0.3, -0.25) is 8.37 Å². The molecule has 0 aromatic carbocycles. The van der Waals surface area contributed by atoms with E-state index in [0.29, 0.717) is 0 Å². The monoisotopic (exact) mass is 160 g/mol. The molecule has 5 heteroatoms. The van der Waals surface area contributed by atoms with Crippen LogP contribution in [0.5, 0.6) is 0 Å². The van der Waals surface area contributed by atoms with Crippen molar-refractivity contribution in [1.82, 2.24) is 0 Å². The van der Waals surface area contributed by atoms with Crippen molar-refractivity contribution < 1.29 is 8.37 Å². The zero-order valence-corrected chi connectivity index (χ0v) is 5.92. The standard InChI is InChI=1S/C2H5ClO2S2/c3-1-2(4-6)5-7/h2,6-7H,1H2. The highest BCUT2D eigenvalue weighted by atomic mass is 35.5. The van der Waals surface area contributed by atoms with Gasteiger partial charge in [0.25, 0.3) is 0 Å². The average Bonchev–Trinajstić information content (AvgIpc) is 1.72. The highest BCUT2D eigenvalue weighted by Crippen LogP contribution is 2.00. The Morgan fingerprint density at radius 1 is 1.43 bits per heavy atom. The summed E-state index contributed by atoms with van der Waals surface area (Å²) in [5, 5.41) is 0. The van der Waals surface area contributed by atoms with E-state index in [2.05, 4.69) is 34.2 Å². The van der Waals surface area contributed by atoms with Crippen LogP contribution in [0.1, 0.15) is 0 Å². The molecule has 7 heavy (non-hydrogen) atoms. The number of alkyl halides is 1. The van der Waals surface area contributed by atoms with Crippen LogP contribution >= 0.6 is 37.4 Å². The van der Waals surface area contributed by atoms with E-state index < -0.39 is 6.29 Å². The Balaban J connectivity index is 2.99. The molecule has 0 fully saturated rings. The van der Waals surface area contributed by atoms with Gasteiger partial charge in [-0.1, -0.05) is 0 Å². The molecule has 0 amide bonds. The zero-order valence-electron chi connectivity index (χ0n) is 3.37. The summed E-state index contributed by atoms with van der Waals surface area (Å²) in [6.45, 7) is 0. The van der Waals surface area contributed by atoms with Gasteiger partial charge in [0.1, 0.15) is 0 Å². The second-order valence-electron chi connectivity index (χ2n) is 0.795. The molecule has 0 bridgehead atoms. The van der Waals surface area contributed by atoms with Crippen molar-refractivity contribution in [2.24, 2.45) is 0 Å². The molecule has 0 aromatic rings. The van der Waals surface area contributed by atoms with Crippen molar-refractivity contribution >= 4 is 37.4 Å². The molecule has 44 valence electrons. The number of halogens is 1. The average molecular weight is 161 g/mol. The fourth-order valence-electron chi connectivity index (χ4n) is 0.0756. The van der Waals surface area contributed by atoms with Crippen molar-refractivity contribution in [2.45, 2.75) is 6.29 Å². The Morgan fingerprint density at radius 2 is 1.86 bits per heavy atom. The van der Waals surface area contributed by atoms with E-state index in [1.807, 2.05) is 0 Å². The smallest absolute Gasteiger partial charge is 0.196 e. The highest BCUT2D eigenvalue weighted by molar-refractivity contribution is 7.75. The van der Waals surface area contributed by atoms with Gasteiger partial charge in [0.15, 0.2) is 6.29 Å². The lowest BCUT2D eigenvalue weighted by molar-refractivity contribution is 0.0698. The van der Waals surface area contributed by atoms with E-state index in [9.17, 15) is 0 Å². The van der Waals surface area contributed by atoms with Crippen molar-refractivity contribution in [1.29, 1.82) is 0 Å². The van der Waals surface area contributed by atoms with Crippen LogP contribution in [0, 0.1) is 0 Å². The SMILES string of the molecule is SOC(CCl)OS. The molecule has 0 aliphatic rings. The minimum Gasteiger partial charge on any atom is -0.285 e. The van der Waals surface area contributed by atoms with Crippen LogP contribution in [0.4, 0.5) is 0 Å². The van der Waals surface area contributed by atoms with Gasteiger partial charge in [0.2, 0.25) is 0 Å². The molecule has 0 aliphatic heterocycles. The van der Waals surface area contributed by atoms with E-state index in [1.165, 1.54) is 0 Å². The molecule has 0 atom stereocenters. The van der Waals surface area contributed by atoms with Gasteiger partial charge in [-0.25, -0.2) is 0 Å². The Kier molecular flexibility index (Phi) is 5.71. The summed E-state index contributed by atoms with van der Waals surface area (Å²) in [4.78, 5) is 0. The summed E-state index contributed by atoms with van der Waals surface area (Å²) in [7, 11) is 0. The van der Waals surface area contributed by atoms with E-state index in [4.69, 9.17) is 11.6 Å². The zero-order chi connectivity index (χ0) is 5.70. The molecule has 0 saturated heterocycles. The molecule has 0 radical (unpaired) electrons. The number of hydrogen-bond acceptors (Lipinski definition) is 4. The maximum Gasteiger partial charge on any atom is 0.196 e. The van der Waals surface area contributed by atoms with E-state index >= 15 is 0 Å². The second-order valence-corrected chi connectivity index (χ2v) is 1.52. The fraction of sp³-hybridized carbons (Fsp3) is 1.00. The molecule has 0 aliphatic carbocycles. The number of thiol groups is 2. The Bertz CT molecular complexity index is 35.2. The van der Waals surface area contributed by atoms with Gasteiger partial charge >= 0.3 is 0 Å². The molecular formula is C2H5ClO2S2. The van der Waals surface area contributed by atoms with Gasteiger partial charge < -0.3 is 0 Å². The van der Waals surface area contributed by atoms with Crippen LogP contribution in [-0.2, 0) is 8.37 Å². The van der Waals surface area contributed by atoms with Crippen molar-refractivity contribution in [3.63, 3.8) is 0 Å². The van der Waals surface area contributed by atoms with Crippen molar-refractivity contribution in [2.75, 3.05) is 5.88 Å². The predicted molar refractivity (Wildman–Crippen MR) is 34.7 cm³/mol. The lowest BCUT2D eigenvalue weighted by Crippen LogP contribution is -2.08. The molecule has 0 saturated carbocycles. The normalized spacial score (nSPS) is 10.3. The fourth-order valence-corrected chi connectivity index (χ4v) is 0.680. The van der Waals surface area contributed by atoms with Crippen LogP contribution in [0.25, 0.3) is 0 Å². The molecular weight excluding hydrogens is 156 g/mol. The largest absolute Gasteiger partial charge is 0.285 e. The summed E-state index contributed by atoms with van der Waals surface area (Å²) in [5.41, 5.74) is 0. The third-order valence-corrected chi connectivity index (χ3v) is 1.08. The minimum atomic E-state index is -0.520. The second kappa shape index (κ2) is 5.05. The maximum atomic E-state index is 5.22. The summed E-state index contributed by atoms with van der Waals surface area (Å²) in [5.74, 6) is 0.229. The molecule has 0 N–H and O–H groups in total. The molecule has 2 nitrogen and oxygen atoms in total. The lowest BCUT2D eigenvalue weighted by Gasteiger charge is -2.03. The van der Waals surface area contributed by atoms with Crippen LogP contribution in [0.3, 0.4) is 0 Å². The van der Waals surface area contributed by atoms with Gasteiger partial charge in [-0.15, -0.1) is 11.6 Å². The van der Waals surface area contributed by atoms with E-state index in [0.717, 1.165) is 0 Å². The predicted octanol–water partition coefficient (Wildman–Crippen LogP) is 1.27. The van der Waals surface area contributed by atoms with Gasteiger partial charge in [-0.05, 0) is 25.8 Å². The van der Waals surface area contributed by atoms with Crippen molar-refractivity contribution in [3.8, 4) is 0 Å². The Morgan fingerprint density at radius 3 is 1.86 bits per heavy atom. The highest BCUT2D eigenvalue weighted by Gasteiger charge is 2.00. The quantitative estimate of drug-likeness (QED) is 0.281. The third kappa shape index (κ3) is 3.49. The summed E-state index contributed by atoms with van der Waals surface area (Å²) in [6.07, 6.45) is -0.520. The molecule has 0 heterocycles. The van der Waals surface area contributed by atoms with Crippen molar-refractivity contribution in [3.05, 3.63) is 0 Å². The third-order valence-electron chi connectivity index (χ3n) is 0.361. The van der Waals surface area contributed by atoms with Gasteiger partial charge in [0.05, 0.1) is 5.88 Å². The lowest BCUT2D eigenvalue weighted by atomic mass is 10.8. The van der Waals surface area contributed by atoms with Gasteiger partial charge in [-0.2, -0.15) is 0 Å². The number of rotatable bonds is 3. The first kappa shape index (κ1) is 7.91.